The number of carbonyl (C=O) groups is 1. The Balaban J connectivity index is 1.57. The quantitative estimate of drug-likeness (QED) is 0.618. The Labute approximate surface area is 170 Å². The smallest absolute Gasteiger partial charge is 0.251 e. The molecule has 0 bridgehead atoms. The second kappa shape index (κ2) is 9.24. The fourth-order valence-corrected chi connectivity index (χ4v) is 2.83. The number of rotatable bonds is 7. The number of amides is 1. The first-order chi connectivity index (χ1) is 13.5. The SMILES string of the molecule is CN(C)c1ccc(Nc2cc(C(=O)NCCc3ccc(Cl)cc3)ccn2)cc1. The normalized spacial score (nSPS) is 10.4. The van der Waals surface area contributed by atoms with E-state index in [1.807, 2.05) is 67.5 Å². The first kappa shape index (κ1) is 19.7. The van der Waals surface area contributed by atoms with Crippen molar-refractivity contribution in [3.8, 4) is 0 Å². The topological polar surface area (TPSA) is 57.3 Å². The Morgan fingerprint density at radius 2 is 1.75 bits per heavy atom. The molecule has 0 radical (unpaired) electrons. The highest BCUT2D eigenvalue weighted by Crippen LogP contribution is 2.19. The number of hydrogen-bond donors (Lipinski definition) is 2. The van der Waals surface area contributed by atoms with Gasteiger partial charge in [-0.1, -0.05) is 23.7 Å². The number of carbonyl (C=O) groups excluding carboxylic acids is 1. The van der Waals surface area contributed by atoms with Gasteiger partial charge in [-0.25, -0.2) is 4.98 Å². The number of nitrogens with one attached hydrogen (secondary N) is 2. The van der Waals surface area contributed by atoms with Gasteiger partial charge >= 0.3 is 0 Å². The van der Waals surface area contributed by atoms with Gasteiger partial charge in [0, 0.05) is 48.8 Å². The fourth-order valence-electron chi connectivity index (χ4n) is 2.70. The molecule has 5 nitrogen and oxygen atoms in total. The summed E-state index contributed by atoms with van der Waals surface area (Å²) in [5.41, 5.74) is 3.73. The monoisotopic (exact) mass is 394 g/mol. The first-order valence-electron chi connectivity index (χ1n) is 9.04. The van der Waals surface area contributed by atoms with Crippen molar-refractivity contribution < 1.29 is 4.79 Å². The van der Waals surface area contributed by atoms with E-state index >= 15 is 0 Å². The summed E-state index contributed by atoms with van der Waals surface area (Å²) in [6.07, 6.45) is 2.38. The number of nitrogens with zero attached hydrogens (tertiary/aromatic N) is 2. The minimum atomic E-state index is -0.123. The Kier molecular flexibility index (Phi) is 6.50. The number of aromatic nitrogens is 1. The lowest BCUT2D eigenvalue weighted by Gasteiger charge is -2.13. The summed E-state index contributed by atoms with van der Waals surface area (Å²) in [6, 6.07) is 19.1. The molecule has 6 heteroatoms. The molecule has 0 aliphatic heterocycles. The van der Waals surface area contributed by atoms with Crippen LogP contribution in [0.15, 0.2) is 66.9 Å². The van der Waals surface area contributed by atoms with Gasteiger partial charge < -0.3 is 15.5 Å². The van der Waals surface area contributed by atoms with E-state index in [-0.39, 0.29) is 5.91 Å². The van der Waals surface area contributed by atoms with Crippen molar-refractivity contribution in [2.75, 3.05) is 30.9 Å². The number of hydrogen-bond acceptors (Lipinski definition) is 4. The van der Waals surface area contributed by atoms with Gasteiger partial charge in [0.2, 0.25) is 0 Å². The molecule has 0 saturated heterocycles. The summed E-state index contributed by atoms with van der Waals surface area (Å²) < 4.78 is 0. The maximum atomic E-state index is 12.4. The molecule has 1 heterocycles. The van der Waals surface area contributed by atoms with Crippen LogP contribution in [0.3, 0.4) is 0 Å². The summed E-state index contributed by atoms with van der Waals surface area (Å²) >= 11 is 5.89. The Hall–Kier alpha value is -3.05. The molecule has 3 rings (SSSR count). The summed E-state index contributed by atoms with van der Waals surface area (Å²) in [7, 11) is 4.00. The number of benzene rings is 2. The molecule has 28 heavy (non-hydrogen) atoms. The summed E-state index contributed by atoms with van der Waals surface area (Å²) in [5, 5.41) is 6.88. The zero-order chi connectivity index (χ0) is 19.9. The third-order valence-electron chi connectivity index (χ3n) is 4.29. The molecular weight excluding hydrogens is 372 g/mol. The van der Waals surface area contributed by atoms with Crippen LogP contribution in [0.5, 0.6) is 0 Å². The highest BCUT2D eigenvalue weighted by atomic mass is 35.5. The van der Waals surface area contributed by atoms with Crippen molar-refractivity contribution in [1.82, 2.24) is 10.3 Å². The third kappa shape index (κ3) is 5.47. The van der Waals surface area contributed by atoms with Gasteiger partial charge in [-0.05, 0) is 60.5 Å². The highest BCUT2D eigenvalue weighted by Gasteiger charge is 2.07. The zero-order valence-electron chi connectivity index (χ0n) is 15.9. The van der Waals surface area contributed by atoms with E-state index in [4.69, 9.17) is 11.6 Å². The molecule has 0 aliphatic carbocycles. The molecule has 0 spiro atoms. The summed E-state index contributed by atoms with van der Waals surface area (Å²) in [6.45, 7) is 0.553. The van der Waals surface area contributed by atoms with E-state index in [1.165, 1.54) is 0 Å². The van der Waals surface area contributed by atoms with Gasteiger partial charge in [-0.3, -0.25) is 4.79 Å². The Morgan fingerprint density at radius 1 is 1.04 bits per heavy atom. The standard InChI is InChI=1S/C22H23ClN4O/c1-27(2)20-9-7-19(8-10-20)26-21-15-17(12-14-24-21)22(28)25-13-11-16-3-5-18(23)6-4-16/h3-10,12,14-15H,11,13H2,1-2H3,(H,24,26)(H,25,28). The zero-order valence-corrected chi connectivity index (χ0v) is 16.7. The molecule has 0 saturated carbocycles. The van der Waals surface area contributed by atoms with E-state index in [0.717, 1.165) is 23.4 Å². The molecule has 1 aromatic heterocycles. The maximum absolute atomic E-state index is 12.4. The molecule has 1 amide bonds. The highest BCUT2D eigenvalue weighted by molar-refractivity contribution is 6.30. The average molecular weight is 395 g/mol. The van der Waals surface area contributed by atoms with Gasteiger partial charge in [-0.2, -0.15) is 0 Å². The molecular formula is C22H23ClN4O. The van der Waals surface area contributed by atoms with Crippen LogP contribution in [0.1, 0.15) is 15.9 Å². The molecule has 2 aromatic carbocycles. The van der Waals surface area contributed by atoms with Crippen LogP contribution in [0, 0.1) is 0 Å². The van der Waals surface area contributed by atoms with Crippen LogP contribution in [0.4, 0.5) is 17.2 Å². The van der Waals surface area contributed by atoms with E-state index in [9.17, 15) is 4.79 Å². The second-order valence-corrected chi connectivity index (χ2v) is 7.06. The number of anilines is 3. The lowest BCUT2D eigenvalue weighted by Crippen LogP contribution is -2.25. The molecule has 2 N–H and O–H groups in total. The van der Waals surface area contributed by atoms with E-state index in [0.29, 0.717) is 22.9 Å². The maximum Gasteiger partial charge on any atom is 0.251 e. The van der Waals surface area contributed by atoms with Crippen molar-refractivity contribution in [2.24, 2.45) is 0 Å². The number of pyridine rings is 1. The predicted molar refractivity (Wildman–Crippen MR) is 116 cm³/mol. The molecule has 0 unspecified atom stereocenters. The van der Waals surface area contributed by atoms with Crippen molar-refractivity contribution in [3.63, 3.8) is 0 Å². The first-order valence-corrected chi connectivity index (χ1v) is 9.42. The minimum absolute atomic E-state index is 0.123. The predicted octanol–water partition coefficient (Wildman–Crippen LogP) is 4.52. The third-order valence-corrected chi connectivity index (χ3v) is 4.54. The van der Waals surface area contributed by atoms with Gasteiger partial charge in [-0.15, -0.1) is 0 Å². The average Bonchev–Trinajstić information content (AvgIpc) is 2.70. The van der Waals surface area contributed by atoms with Crippen LogP contribution in [-0.2, 0) is 6.42 Å². The van der Waals surface area contributed by atoms with Crippen LogP contribution in [0.25, 0.3) is 0 Å². The van der Waals surface area contributed by atoms with Crippen LogP contribution < -0.4 is 15.5 Å². The van der Waals surface area contributed by atoms with Gasteiger partial charge in [0.15, 0.2) is 0 Å². The number of halogens is 1. The van der Waals surface area contributed by atoms with Gasteiger partial charge in [0.1, 0.15) is 5.82 Å². The lowest BCUT2D eigenvalue weighted by molar-refractivity contribution is 0.0954. The second-order valence-electron chi connectivity index (χ2n) is 6.63. The van der Waals surface area contributed by atoms with Gasteiger partial charge in [0.25, 0.3) is 5.91 Å². The van der Waals surface area contributed by atoms with Crippen molar-refractivity contribution in [3.05, 3.63) is 83.0 Å². The van der Waals surface area contributed by atoms with E-state index in [2.05, 4.69) is 15.6 Å². The van der Waals surface area contributed by atoms with Crippen LogP contribution >= 0.6 is 11.6 Å². The molecule has 0 aliphatic rings. The van der Waals surface area contributed by atoms with Crippen molar-refractivity contribution in [2.45, 2.75) is 6.42 Å². The van der Waals surface area contributed by atoms with Crippen molar-refractivity contribution in [1.29, 1.82) is 0 Å². The fraction of sp³-hybridized carbons (Fsp3) is 0.182. The molecule has 0 atom stereocenters. The van der Waals surface area contributed by atoms with Crippen LogP contribution in [-0.4, -0.2) is 31.5 Å². The lowest BCUT2D eigenvalue weighted by atomic mass is 10.1. The van der Waals surface area contributed by atoms with Gasteiger partial charge in [0.05, 0.1) is 0 Å². The van der Waals surface area contributed by atoms with E-state index < -0.39 is 0 Å². The Bertz CT molecular complexity index is 924. The molecule has 144 valence electrons. The summed E-state index contributed by atoms with van der Waals surface area (Å²) in [5.74, 6) is 0.505. The van der Waals surface area contributed by atoms with Crippen LogP contribution in [0.2, 0.25) is 5.02 Å². The Morgan fingerprint density at radius 3 is 2.43 bits per heavy atom. The largest absolute Gasteiger partial charge is 0.378 e. The molecule has 0 fully saturated rings. The summed E-state index contributed by atoms with van der Waals surface area (Å²) in [4.78, 5) is 18.8. The van der Waals surface area contributed by atoms with E-state index in [1.54, 1.807) is 18.3 Å². The minimum Gasteiger partial charge on any atom is -0.378 e. The van der Waals surface area contributed by atoms with Crippen molar-refractivity contribution >= 4 is 34.7 Å². The molecule has 3 aromatic rings.